The lowest BCUT2D eigenvalue weighted by Crippen LogP contribution is -2.32. The van der Waals surface area contributed by atoms with E-state index in [9.17, 15) is 4.79 Å². The number of rotatable bonds is 5. The van der Waals surface area contributed by atoms with Crippen LogP contribution in [0.2, 0.25) is 0 Å². The highest BCUT2D eigenvalue weighted by atomic mass is 16.6. The van der Waals surface area contributed by atoms with Crippen molar-refractivity contribution in [2.75, 3.05) is 5.32 Å². The molecule has 124 valence electrons. The summed E-state index contributed by atoms with van der Waals surface area (Å²) in [6.07, 6.45) is 1.24. The van der Waals surface area contributed by atoms with Gasteiger partial charge in [-0.25, -0.2) is 4.79 Å². The van der Waals surface area contributed by atoms with E-state index in [0.29, 0.717) is 6.54 Å². The van der Waals surface area contributed by atoms with Gasteiger partial charge >= 0.3 is 6.09 Å². The normalized spacial score (nSPS) is 12.5. The molecule has 0 radical (unpaired) electrons. The molecule has 0 saturated carbocycles. The molecule has 1 heterocycles. The molecule has 0 spiro atoms. The molecule has 1 aromatic heterocycles. The molecule has 0 bridgehead atoms. The van der Waals surface area contributed by atoms with Crippen molar-refractivity contribution in [3.63, 3.8) is 0 Å². The Morgan fingerprint density at radius 1 is 1.26 bits per heavy atom. The number of hydrogen-bond donors (Lipinski definition) is 2. The van der Waals surface area contributed by atoms with E-state index in [1.165, 1.54) is 0 Å². The molecule has 0 saturated heterocycles. The molecule has 1 aromatic carbocycles. The summed E-state index contributed by atoms with van der Waals surface area (Å²) < 4.78 is 10.6. The van der Waals surface area contributed by atoms with Gasteiger partial charge in [-0.15, -0.1) is 0 Å². The molecule has 0 aliphatic carbocycles. The zero-order chi connectivity index (χ0) is 16.9. The van der Waals surface area contributed by atoms with Crippen LogP contribution in [-0.2, 0) is 11.3 Å². The Labute approximate surface area is 137 Å². The van der Waals surface area contributed by atoms with Crippen molar-refractivity contribution in [3.8, 4) is 0 Å². The molecule has 0 aliphatic rings. The molecule has 5 nitrogen and oxygen atoms in total. The lowest BCUT2D eigenvalue weighted by Gasteiger charge is -2.20. The van der Waals surface area contributed by atoms with Gasteiger partial charge in [0.1, 0.15) is 11.4 Å². The molecule has 1 atom stereocenters. The average molecular weight is 316 g/mol. The van der Waals surface area contributed by atoms with Gasteiger partial charge in [0.25, 0.3) is 0 Å². The number of carbonyl (C=O) groups excluding carboxylic acids is 1. The third kappa shape index (κ3) is 5.70. The third-order valence-electron chi connectivity index (χ3n) is 3.12. The van der Waals surface area contributed by atoms with Gasteiger partial charge in [-0.1, -0.05) is 12.1 Å². The highest BCUT2D eigenvalue weighted by Crippen LogP contribution is 2.20. The summed E-state index contributed by atoms with van der Waals surface area (Å²) in [5.41, 5.74) is 1.47. The molecular formula is C18H24N2O3. The van der Waals surface area contributed by atoms with Crippen LogP contribution in [0.3, 0.4) is 0 Å². The standard InChI is InChI=1S/C18H24N2O3/c1-13(16-9-6-10-22-16)20-15-8-5-7-14(11-15)12-19-17(21)23-18(2,3)4/h5-11,13,20H,12H2,1-4H3,(H,19,21). The van der Waals surface area contributed by atoms with Crippen LogP contribution < -0.4 is 10.6 Å². The molecular weight excluding hydrogens is 292 g/mol. The van der Waals surface area contributed by atoms with E-state index < -0.39 is 11.7 Å². The van der Waals surface area contributed by atoms with Crippen molar-refractivity contribution in [2.24, 2.45) is 0 Å². The number of anilines is 1. The van der Waals surface area contributed by atoms with Crippen molar-refractivity contribution in [1.82, 2.24) is 5.32 Å². The van der Waals surface area contributed by atoms with Crippen molar-refractivity contribution in [2.45, 2.75) is 45.9 Å². The molecule has 5 heteroatoms. The minimum atomic E-state index is -0.494. The van der Waals surface area contributed by atoms with Gasteiger partial charge in [-0.3, -0.25) is 0 Å². The fourth-order valence-corrected chi connectivity index (χ4v) is 2.12. The highest BCUT2D eigenvalue weighted by Gasteiger charge is 2.15. The Morgan fingerprint density at radius 2 is 2.04 bits per heavy atom. The number of carbonyl (C=O) groups is 1. The van der Waals surface area contributed by atoms with E-state index >= 15 is 0 Å². The monoisotopic (exact) mass is 316 g/mol. The Kier molecular flexibility index (Phi) is 5.32. The first-order valence-corrected chi connectivity index (χ1v) is 7.69. The van der Waals surface area contributed by atoms with Crippen LogP contribution in [0.5, 0.6) is 0 Å². The summed E-state index contributed by atoms with van der Waals surface area (Å²) in [5.74, 6) is 0.877. The summed E-state index contributed by atoms with van der Waals surface area (Å²) in [6.45, 7) is 7.97. The van der Waals surface area contributed by atoms with Gasteiger partial charge < -0.3 is 19.8 Å². The molecule has 1 amide bonds. The Hall–Kier alpha value is -2.43. The van der Waals surface area contributed by atoms with Crippen LogP contribution in [0, 0.1) is 0 Å². The number of benzene rings is 1. The van der Waals surface area contributed by atoms with Crippen molar-refractivity contribution < 1.29 is 13.9 Å². The first-order valence-electron chi connectivity index (χ1n) is 7.69. The average Bonchev–Trinajstić information content (AvgIpc) is 2.98. The molecule has 23 heavy (non-hydrogen) atoms. The Bertz CT molecular complexity index is 630. The molecule has 1 unspecified atom stereocenters. The maximum Gasteiger partial charge on any atom is 0.407 e. The van der Waals surface area contributed by atoms with E-state index in [2.05, 4.69) is 10.6 Å². The van der Waals surface area contributed by atoms with Crippen LogP contribution >= 0.6 is 0 Å². The molecule has 2 N–H and O–H groups in total. The van der Waals surface area contributed by atoms with Crippen LogP contribution in [-0.4, -0.2) is 11.7 Å². The largest absolute Gasteiger partial charge is 0.467 e. The van der Waals surface area contributed by atoms with Gasteiger partial charge in [0.2, 0.25) is 0 Å². The number of hydrogen-bond acceptors (Lipinski definition) is 4. The molecule has 2 aromatic rings. The number of nitrogens with one attached hydrogen (secondary N) is 2. The van der Waals surface area contributed by atoms with Crippen LogP contribution in [0.15, 0.2) is 47.1 Å². The molecule has 2 rings (SSSR count). The fraction of sp³-hybridized carbons (Fsp3) is 0.389. The fourth-order valence-electron chi connectivity index (χ4n) is 2.12. The van der Waals surface area contributed by atoms with Crippen molar-refractivity contribution in [1.29, 1.82) is 0 Å². The minimum absolute atomic E-state index is 0.0686. The SMILES string of the molecule is CC(Nc1cccc(CNC(=O)OC(C)(C)C)c1)c1ccco1. The van der Waals surface area contributed by atoms with Crippen molar-refractivity contribution >= 4 is 11.8 Å². The first kappa shape index (κ1) is 16.9. The number of ether oxygens (including phenoxy) is 1. The van der Waals surface area contributed by atoms with Gasteiger partial charge in [0.15, 0.2) is 0 Å². The Balaban J connectivity index is 1.91. The highest BCUT2D eigenvalue weighted by molar-refractivity contribution is 5.67. The Morgan fingerprint density at radius 3 is 2.70 bits per heavy atom. The van der Waals surface area contributed by atoms with Gasteiger partial charge in [0, 0.05) is 12.2 Å². The van der Waals surface area contributed by atoms with Gasteiger partial charge in [-0.2, -0.15) is 0 Å². The van der Waals surface area contributed by atoms with Gasteiger partial charge in [0.05, 0.1) is 12.3 Å². The summed E-state index contributed by atoms with van der Waals surface area (Å²) in [4.78, 5) is 11.7. The maximum absolute atomic E-state index is 11.7. The topological polar surface area (TPSA) is 63.5 Å². The summed E-state index contributed by atoms with van der Waals surface area (Å²) in [5, 5.41) is 6.13. The quantitative estimate of drug-likeness (QED) is 0.854. The predicted octanol–water partition coefficient (Wildman–Crippen LogP) is 4.48. The maximum atomic E-state index is 11.7. The number of alkyl carbamates (subject to hydrolysis) is 1. The second kappa shape index (κ2) is 7.22. The first-order chi connectivity index (χ1) is 10.8. The second-order valence-corrected chi connectivity index (χ2v) is 6.44. The number of furan rings is 1. The summed E-state index contributed by atoms with van der Waals surface area (Å²) in [7, 11) is 0. The summed E-state index contributed by atoms with van der Waals surface area (Å²) >= 11 is 0. The van der Waals surface area contributed by atoms with E-state index in [1.807, 2.05) is 64.1 Å². The summed E-state index contributed by atoms with van der Waals surface area (Å²) in [6, 6.07) is 11.8. The van der Waals surface area contributed by atoms with Crippen LogP contribution in [0.1, 0.15) is 45.1 Å². The minimum Gasteiger partial charge on any atom is -0.467 e. The van der Waals surface area contributed by atoms with E-state index in [4.69, 9.17) is 9.15 Å². The van der Waals surface area contributed by atoms with E-state index in [0.717, 1.165) is 17.0 Å². The number of amides is 1. The molecule has 0 fully saturated rings. The third-order valence-corrected chi connectivity index (χ3v) is 3.12. The lowest BCUT2D eigenvalue weighted by atomic mass is 10.1. The van der Waals surface area contributed by atoms with Crippen LogP contribution in [0.25, 0.3) is 0 Å². The van der Waals surface area contributed by atoms with E-state index in [1.54, 1.807) is 6.26 Å². The lowest BCUT2D eigenvalue weighted by molar-refractivity contribution is 0.0523. The zero-order valence-electron chi connectivity index (χ0n) is 14.1. The van der Waals surface area contributed by atoms with Gasteiger partial charge in [-0.05, 0) is 57.5 Å². The van der Waals surface area contributed by atoms with E-state index in [-0.39, 0.29) is 6.04 Å². The molecule has 0 aliphatic heterocycles. The smallest absolute Gasteiger partial charge is 0.407 e. The van der Waals surface area contributed by atoms with Crippen molar-refractivity contribution in [3.05, 3.63) is 54.0 Å². The predicted molar refractivity (Wildman–Crippen MR) is 90.3 cm³/mol. The second-order valence-electron chi connectivity index (χ2n) is 6.44. The van der Waals surface area contributed by atoms with Crippen LogP contribution in [0.4, 0.5) is 10.5 Å². The zero-order valence-corrected chi connectivity index (χ0v) is 14.1.